The fourth-order valence-corrected chi connectivity index (χ4v) is 2.72. The van der Waals surface area contributed by atoms with Crippen molar-refractivity contribution in [1.29, 1.82) is 0 Å². The van der Waals surface area contributed by atoms with Gasteiger partial charge in [0, 0.05) is 12.6 Å². The second kappa shape index (κ2) is 7.29. The number of hydrazone groups is 1. The van der Waals surface area contributed by atoms with Gasteiger partial charge in [0.15, 0.2) is 5.78 Å². The summed E-state index contributed by atoms with van der Waals surface area (Å²) in [6.45, 7) is 1.36. The van der Waals surface area contributed by atoms with E-state index in [1.807, 2.05) is 4.98 Å². The Bertz CT molecular complexity index is 999. The van der Waals surface area contributed by atoms with Gasteiger partial charge in [0.2, 0.25) is 0 Å². The molecular weight excluding hydrogens is 377 g/mol. The van der Waals surface area contributed by atoms with Gasteiger partial charge in [0.25, 0.3) is 11.5 Å². The van der Waals surface area contributed by atoms with Crippen molar-refractivity contribution in [3.63, 3.8) is 0 Å². The average molecular weight is 392 g/mol. The molecule has 0 saturated carbocycles. The highest BCUT2D eigenvalue weighted by Crippen LogP contribution is 2.29. The summed E-state index contributed by atoms with van der Waals surface area (Å²) in [5.41, 5.74) is -2.03. The van der Waals surface area contributed by atoms with Crippen molar-refractivity contribution in [3.05, 3.63) is 58.5 Å². The Hall–Kier alpha value is -3.43. The first-order chi connectivity index (χ1) is 13.2. The standard InChI is InChI=1S/C18H15F3N4O3/c1-10(26)15-8-14(24-25(15)12-5-3-2-4-6-12)17(28)23-13-7-11(18(19,20)21)9-22-16(13)27/h2-7,9,15H,8H2,1H3,(H,22,27)(H,23,28). The van der Waals surface area contributed by atoms with E-state index in [1.54, 1.807) is 30.3 Å². The molecule has 1 aliphatic heterocycles. The zero-order valence-electron chi connectivity index (χ0n) is 14.6. The Kier molecular flexibility index (Phi) is 5.04. The number of nitrogens with zero attached hydrogens (tertiary/aromatic N) is 2. The van der Waals surface area contributed by atoms with Crippen molar-refractivity contribution in [2.24, 2.45) is 5.10 Å². The highest BCUT2D eigenvalue weighted by molar-refractivity contribution is 6.44. The minimum absolute atomic E-state index is 0.0348. The quantitative estimate of drug-likeness (QED) is 0.836. The second-order valence-corrected chi connectivity index (χ2v) is 6.14. The van der Waals surface area contributed by atoms with Crippen LogP contribution in [0.2, 0.25) is 0 Å². The molecule has 1 unspecified atom stereocenters. The fraction of sp³-hybridized carbons (Fsp3) is 0.222. The molecule has 1 aliphatic rings. The number of para-hydroxylation sites is 1. The first-order valence-corrected chi connectivity index (χ1v) is 8.20. The van der Waals surface area contributed by atoms with Crippen LogP contribution in [0.4, 0.5) is 24.5 Å². The largest absolute Gasteiger partial charge is 0.417 e. The van der Waals surface area contributed by atoms with Gasteiger partial charge < -0.3 is 10.3 Å². The number of aromatic amines is 1. The molecule has 0 aliphatic carbocycles. The van der Waals surface area contributed by atoms with Gasteiger partial charge in [-0.05, 0) is 25.1 Å². The minimum atomic E-state index is -4.68. The molecule has 10 heteroatoms. The Morgan fingerprint density at radius 1 is 1.25 bits per heavy atom. The highest BCUT2D eigenvalue weighted by atomic mass is 19.4. The summed E-state index contributed by atoms with van der Waals surface area (Å²) in [7, 11) is 0. The SMILES string of the molecule is CC(=O)C1CC(C(=O)Nc2cc(C(F)(F)F)c[nH]c2=O)=NN1c1ccccc1. The number of halogens is 3. The number of pyridine rings is 1. The van der Waals surface area contributed by atoms with Crippen molar-refractivity contribution < 1.29 is 22.8 Å². The summed E-state index contributed by atoms with van der Waals surface area (Å²) in [5, 5.41) is 7.67. The van der Waals surface area contributed by atoms with Crippen LogP contribution in [-0.2, 0) is 15.8 Å². The van der Waals surface area contributed by atoms with Gasteiger partial charge in [-0.1, -0.05) is 18.2 Å². The van der Waals surface area contributed by atoms with E-state index >= 15 is 0 Å². The summed E-state index contributed by atoms with van der Waals surface area (Å²) >= 11 is 0. The van der Waals surface area contributed by atoms with E-state index in [0.29, 0.717) is 18.0 Å². The lowest BCUT2D eigenvalue weighted by Crippen LogP contribution is -2.33. The maximum absolute atomic E-state index is 12.8. The van der Waals surface area contributed by atoms with Crippen LogP contribution < -0.4 is 15.9 Å². The van der Waals surface area contributed by atoms with Gasteiger partial charge in [-0.3, -0.25) is 19.4 Å². The summed E-state index contributed by atoms with van der Waals surface area (Å²) in [4.78, 5) is 38.1. The molecular formula is C18H15F3N4O3. The number of aromatic nitrogens is 1. The lowest BCUT2D eigenvalue weighted by molar-refractivity contribution is -0.137. The van der Waals surface area contributed by atoms with E-state index in [-0.39, 0.29) is 17.9 Å². The van der Waals surface area contributed by atoms with Crippen LogP contribution in [0.15, 0.2) is 52.5 Å². The normalized spacial score (nSPS) is 16.6. The maximum Gasteiger partial charge on any atom is 0.417 e. The van der Waals surface area contributed by atoms with Crippen molar-refractivity contribution in [3.8, 4) is 0 Å². The number of hydrogen-bond donors (Lipinski definition) is 2. The van der Waals surface area contributed by atoms with Gasteiger partial charge in [-0.2, -0.15) is 18.3 Å². The van der Waals surface area contributed by atoms with E-state index in [2.05, 4.69) is 10.4 Å². The zero-order chi connectivity index (χ0) is 20.5. The molecule has 0 radical (unpaired) electrons. The third-order valence-electron chi connectivity index (χ3n) is 4.14. The van der Waals surface area contributed by atoms with Crippen LogP contribution in [0.5, 0.6) is 0 Å². The van der Waals surface area contributed by atoms with Crippen LogP contribution >= 0.6 is 0 Å². The number of carbonyl (C=O) groups excluding carboxylic acids is 2. The number of benzene rings is 1. The molecule has 2 heterocycles. The molecule has 0 spiro atoms. The number of alkyl halides is 3. The molecule has 2 N–H and O–H groups in total. The Morgan fingerprint density at radius 3 is 2.54 bits per heavy atom. The molecule has 1 atom stereocenters. The molecule has 2 aromatic rings. The van der Waals surface area contributed by atoms with Crippen LogP contribution in [0, 0.1) is 0 Å². The van der Waals surface area contributed by atoms with Crippen molar-refractivity contribution in [2.45, 2.75) is 25.6 Å². The molecule has 7 nitrogen and oxygen atoms in total. The monoisotopic (exact) mass is 392 g/mol. The highest BCUT2D eigenvalue weighted by Gasteiger charge is 2.35. The van der Waals surface area contributed by atoms with Crippen LogP contribution in [-0.4, -0.2) is 28.4 Å². The maximum atomic E-state index is 12.8. The molecule has 1 aromatic heterocycles. The molecule has 0 fully saturated rings. The molecule has 28 heavy (non-hydrogen) atoms. The lowest BCUT2D eigenvalue weighted by Gasteiger charge is -2.20. The predicted molar refractivity (Wildman–Crippen MR) is 96.1 cm³/mol. The number of carbonyl (C=O) groups is 2. The fourth-order valence-electron chi connectivity index (χ4n) is 2.72. The average Bonchev–Trinajstić information content (AvgIpc) is 3.09. The molecule has 0 saturated heterocycles. The summed E-state index contributed by atoms with van der Waals surface area (Å²) in [5.74, 6) is -1.08. The number of ketones is 1. The number of rotatable bonds is 4. The lowest BCUT2D eigenvalue weighted by atomic mass is 10.1. The molecule has 3 rings (SSSR count). The van der Waals surface area contributed by atoms with E-state index in [9.17, 15) is 27.6 Å². The van der Waals surface area contributed by atoms with E-state index < -0.39 is 34.9 Å². The number of hydrogen-bond acceptors (Lipinski definition) is 5. The number of anilines is 2. The topological polar surface area (TPSA) is 94.6 Å². The first-order valence-electron chi connectivity index (χ1n) is 8.20. The first kappa shape index (κ1) is 19.3. The number of H-pyrrole nitrogens is 1. The third-order valence-corrected chi connectivity index (χ3v) is 4.14. The van der Waals surface area contributed by atoms with E-state index in [1.165, 1.54) is 11.9 Å². The van der Waals surface area contributed by atoms with Crippen molar-refractivity contribution in [2.75, 3.05) is 10.3 Å². The van der Waals surface area contributed by atoms with Crippen LogP contribution in [0.1, 0.15) is 18.9 Å². The van der Waals surface area contributed by atoms with Crippen molar-refractivity contribution >= 4 is 28.8 Å². The molecule has 1 amide bonds. The van der Waals surface area contributed by atoms with Crippen molar-refractivity contribution in [1.82, 2.24) is 4.98 Å². The predicted octanol–water partition coefficient (Wildman–Crippen LogP) is 2.56. The smallest absolute Gasteiger partial charge is 0.327 e. The van der Waals surface area contributed by atoms with Gasteiger partial charge in [-0.25, -0.2) is 0 Å². The van der Waals surface area contributed by atoms with E-state index in [4.69, 9.17) is 0 Å². The van der Waals surface area contributed by atoms with Gasteiger partial charge >= 0.3 is 6.18 Å². The molecule has 146 valence electrons. The van der Waals surface area contributed by atoms with Gasteiger partial charge in [0.1, 0.15) is 17.4 Å². The Balaban J connectivity index is 1.87. The number of amides is 1. The zero-order valence-corrected chi connectivity index (χ0v) is 14.6. The van der Waals surface area contributed by atoms with Crippen LogP contribution in [0.25, 0.3) is 0 Å². The molecule has 1 aromatic carbocycles. The third kappa shape index (κ3) is 3.95. The Morgan fingerprint density at radius 2 is 1.93 bits per heavy atom. The van der Waals surface area contributed by atoms with Crippen LogP contribution in [0.3, 0.4) is 0 Å². The van der Waals surface area contributed by atoms with E-state index in [0.717, 1.165) is 0 Å². The van der Waals surface area contributed by atoms with Gasteiger partial charge in [-0.15, -0.1) is 0 Å². The minimum Gasteiger partial charge on any atom is -0.327 e. The molecule has 0 bridgehead atoms. The summed E-state index contributed by atoms with van der Waals surface area (Å²) in [6.07, 6.45) is -4.20. The number of Topliss-reactive ketones (excluding diaryl/α,β-unsaturated/α-hetero) is 1. The number of nitrogens with one attached hydrogen (secondary N) is 2. The Labute approximate surface area is 156 Å². The summed E-state index contributed by atoms with van der Waals surface area (Å²) < 4.78 is 38.4. The van der Waals surface area contributed by atoms with Gasteiger partial charge in [0.05, 0.1) is 11.3 Å². The summed E-state index contributed by atoms with van der Waals surface area (Å²) in [6, 6.07) is 8.49. The second-order valence-electron chi connectivity index (χ2n) is 6.14.